The number of Topliss-reactive ketones (excluding diaryl/α,β-unsaturated/α-hetero) is 1. The highest BCUT2D eigenvalue weighted by atomic mass is 16.6. The van der Waals surface area contributed by atoms with Crippen LogP contribution in [0, 0.1) is 60.6 Å². The fourth-order valence-corrected chi connectivity index (χ4v) is 8.29. The first kappa shape index (κ1) is 30.5. The maximum Gasteiger partial charge on any atom is 0.303 e. The molecule has 0 spiro atoms. The highest BCUT2D eigenvalue weighted by molar-refractivity contribution is 5.86. The van der Waals surface area contributed by atoms with Gasteiger partial charge >= 0.3 is 11.7 Å². The molecule has 224 valence electrons. The summed E-state index contributed by atoms with van der Waals surface area (Å²) in [5, 5.41) is 46.5. The number of nitro benzene ring substituents is 2. The predicted molar refractivity (Wildman–Crippen MR) is 151 cm³/mol. The number of nitrogens with one attached hydrogen (secondary N) is 1. The molecule has 0 bridgehead atoms. The average Bonchev–Trinajstić information content (AvgIpc) is 3.27. The molecule has 1 aromatic carbocycles. The molecule has 8 atom stereocenters. The van der Waals surface area contributed by atoms with Gasteiger partial charge in [-0.15, -0.1) is 0 Å². The van der Waals surface area contributed by atoms with Gasteiger partial charge in [-0.1, -0.05) is 20.8 Å². The average molecular weight is 573 g/mol. The minimum atomic E-state index is -0.803. The van der Waals surface area contributed by atoms with Gasteiger partial charge in [0.1, 0.15) is 11.5 Å². The number of carbonyl (C=O) groups excluding carboxylic acids is 1. The van der Waals surface area contributed by atoms with Gasteiger partial charge < -0.3 is 10.2 Å². The third-order valence-electron chi connectivity index (χ3n) is 10.6. The summed E-state index contributed by atoms with van der Waals surface area (Å²) in [6.45, 7) is 6.39. The number of aliphatic carboxylic acids is 1. The number of fused-ring (bicyclic) bond motifs is 1. The van der Waals surface area contributed by atoms with Crippen LogP contribution in [0.2, 0.25) is 0 Å². The number of aliphatic hydroxyl groups excluding tert-OH is 1. The quantitative estimate of drug-likeness (QED) is 0.183. The minimum Gasteiger partial charge on any atom is -0.481 e. The lowest BCUT2D eigenvalue weighted by atomic mass is 9.50. The molecule has 3 N–H and O–H groups in total. The topological polar surface area (TPSA) is 185 Å². The van der Waals surface area contributed by atoms with Crippen LogP contribution in [-0.2, 0) is 9.59 Å². The number of hydrazone groups is 1. The van der Waals surface area contributed by atoms with Crippen LogP contribution >= 0.6 is 0 Å². The Hall–Kier alpha value is -3.41. The zero-order valence-electron chi connectivity index (χ0n) is 23.8. The largest absolute Gasteiger partial charge is 0.481 e. The number of carboxylic acid groups (broad SMARTS) is 1. The zero-order valence-corrected chi connectivity index (χ0v) is 23.8. The highest BCUT2D eigenvalue weighted by Gasteiger charge is 2.58. The second-order valence-electron chi connectivity index (χ2n) is 12.8. The smallest absolute Gasteiger partial charge is 0.303 e. The second kappa shape index (κ2) is 11.8. The van der Waals surface area contributed by atoms with Gasteiger partial charge in [0.15, 0.2) is 0 Å². The van der Waals surface area contributed by atoms with Gasteiger partial charge in [-0.3, -0.25) is 35.2 Å². The summed E-state index contributed by atoms with van der Waals surface area (Å²) in [6, 6.07) is 3.34. The van der Waals surface area contributed by atoms with E-state index in [1.165, 1.54) is 12.1 Å². The van der Waals surface area contributed by atoms with Crippen molar-refractivity contribution < 1.29 is 29.6 Å². The molecule has 3 aliphatic rings. The van der Waals surface area contributed by atoms with E-state index in [4.69, 9.17) is 0 Å². The van der Waals surface area contributed by atoms with E-state index in [2.05, 4.69) is 24.4 Å². The monoisotopic (exact) mass is 572 g/mol. The van der Waals surface area contributed by atoms with Crippen molar-refractivity contribution in [3.63, 3.8) is 0 Å². The predicted octanol–water partition coefficient (Wildman–Crippen LogP) is 5.58. The van der Waals surface area contributed by atoms with Crippen LogP contribution in [0.15, 0.2) is 23.3 Å². The van der Waals surface area contributed by atoms with Gasteiger partial charge in [-0.25, -0.2) is 0 Å². The summed E-state index contributed by atoms with van der Waals surface area (Å²) in [5.74, 6) is -0.200. The molecule has 4 rings (SSSR count). The van der Waals surface area contributed by atoms with Crippen molar-refractivity contribution in [3.05, 3.63) is 38.4 Å². The molecule has 12 heteroatoms. The Kier molecular flexibility index (Phi) is 8.81. The number of nitro groups is 2. The molecular weight excluding hydrogens is 532 g/mol. The van der Waals surface area contributed by atoms with E-state index < -0.39 is 38.7 Å². The maximum atomic E-state index is 13.4. The van der Waals surface area contributed by atoms with E-state index in [-0.39, 0.29) is 53.4 Å². The standard InChI is InChI=1S/C29H40N4O8/c1-17(4-9-27(36)37)21-6-7-22-20(16-30-31-24-8-5-18(32(38)39)14-25(24)33(40)41)23(11-13-28(21,22)2)29(3)12-10-19(34)15-26(29)35/h5,8,14,16-17,19-23,31,34H,4,6-7,9-13,15H2,1-3H3,(H,36,37)/b30-16+/t17-,19+,20?,21-,22?,23?,28-,29-/m1/s1. The Morgan fingerprint density at radius 1 is 1.15 bits per heavy atom. The Balaban J connectivity index is 1.65. The van der Waals surface area contributed by atoms with Crippen LogP contribution in [0.25, 0.3) is 0 Å². The Morgan fingerprint density at radius 3 is 2.51 bits per heavy atom. The lowest BCUT2D eigenvalue weighted by Crippen LogP contribution is -2.52. The Labute approximate surface area is 238 Å². The number of carbonyl (C=O) groups is 2. The number of non-ortho nitro benzene ring substituents is 1. The van der Waals surface area contributed by atoms with E-state index in [0.29, 0.717) is 25.2 Å². The number of benzene rings is 1. The molecule has 3 aliphatic carbocycles. The SMILES string of the molecule is C[C@H](CCC(=O)O)[C@H]1CCC2C(/C=N/Nc3ccc([N+](=O)[O-])cc3[N+](=O)[O-])C([C@@]3(C)CC[C@H](O)CC3=O)CC[C@@]21C. The van der Waals surface area contributed by atoms with E-state index in [9.17, 15) is 40.0 Å². The van der Waals surface area contributed by atoms with Gasteiger partial charge in [0.25, 0.3) is 5.69 Å². The molecule has 0 radical (unpaired) electrons. The number of hydrogen-bond donors (Lipinski definition) is 3. The number of ketones is 1. The molecule has 0 amide bonds. The van der Waals surface area contributed by atoms with Crippen LogP contribution in [0.1, 0.15) is 78.6 Å². The highest BCUT2D eigenvalue weighted by Crippen LogP contribution is 2.63. The van der Waals surface area contributed by atoms with E-state index in [1.807, 2.05) is 6.92 Å². The van der Waals surface area contributed by atoms with Crippen molar-refractivity contribution in [1.82, 2.24) is 0 Å². The number of nitrogens with zero attached hydrogens (tertiary/aromatic N) is 3. The zero-order chi connectivity index (χ0) is 30.1. The second-order valence-corrected chi connectivity index (χ2v) is 12.8. The fraction of sp³-hybridized carbons (Fsp3) is 0.690. The van der Waals surface area contributed by atoms with Crippen LogP contribution < -0.4 is 5.43 Å². The molecule has 3 unspecified atom stereocenters. The molecule has 0 saturated heterocycles. The summed E-state index contributed by atoms with van der Waals surface area (Å²) in [5.41, 5.74) is 1.19. The summed E-state index contributed by atoms with van der Waals surface area (Å²) in [6.07, 6.45) is 6.64. The molecule has 3 saturated carbocycles. The summed E-state index contributed by atoms with van der Waals surface area (Å²) >= 11 is 0. The van der Waals surface area contributed by atoms with E-state index >= 15 is 0 Å². The Bertz CT molecular complexity index is 1240. The molecule has 0 aromatic heterocycles. The summed E-state index contributed by atoms with van der Waals surface area (Å²) in [4.78, 5) is 45.9. The first-order valence-electron chi connectivity index (χ1n) is 14.4. The van der Waals surface area contributed by atoms with Crippen molar-refractivity contribution >= 4 is 35.0 Å². The Morgan fingerprint density at radius 2 is 1.88 bits per heavy atom. The van der Waals surface area contributed by atoms with Gasteiger partial charge in [0, 0.05) is 36.5 Å². The number of aliphatic hydroxyl groups is 1. The van der Waals surface area contributed by atoms with Crippen molar-refractivity contribution in [2.75, 3.05) is 5.43 Å². The van der Waals surface area contributed by atoms with Crippen molar-refractivity contribution in [2.45, 2.75) is 84.7 Å². The molecule has 1 aromatic rings. The van der Waals surface area contributed by atoms with Gasteiger partial charge in [0.05, 0.1) is 22.0 Å². The van der Waals surface area contributed by atoms with E-state index in [0.717, 1.165) is 31.7 Å². The first-order valence-corrected chi connectivity index (χ1v) is 14.4. The fourth-order valence-electron chi connectivity index (χ4n) is 8.29. The molecular formula is C29H40N4O8. The summed E-state index contributed by atoms with van der Waals surface area (Å²) < 4.78 is 0. The molecule has 12 nitrogen and oxygen atoms in total. The molecule has 0 heterocycles. The third kappa shape index (κ3) is 5.98. The van der Waals surface area contributed by atoms with Crippen molar-refractivity contribution in [2.24, 2.45) is 45.5 Å². The number of hydrogen-bond acceptors (Lipinski definition) is 9. The molecule has 3 fully saturated rings. The molecule has 0 aliphatic heterocycles. The number of rotatable bonds is 10. The van der Waals surface area contributed by atoms with Gasteiger partial charge in [-0.05, 0) is 80.1 Å². The van der Waals surface area contributed by atoms with Crippen LogP contribution in [0.4, 0.5) is 17.1 Å². The maximum absolute atomic E-state index is 13.4. The van der Waals surface area contributed by atoms with E-state index in [1.54, 1.807) is 6.21 Å². The lowest BCUT2D eigenvalue weighted by molar-refractivity contribution is -0.393. The normalized spacial score (nSPS) is 34.2. The van der Waals surface area contributed by atoms with Gasteiger partial charge in [0.2, 0.25) is 0 Å². The van der Waals surface area contributed by atoms with Crippen LogP contribution in [0.5, 0.6) is 0 Å². The lowest BCUT2D eigenvalue weighted by Gasteiger charge is -2.54. The van der Waals surface area contributed by atoms with Crippen molar-refractivity contribution in [3.8, 4) is 0 Å². The van der Waals surface area contributed by atoms with Crippen molar-refractivity contribution in [1.29, 1.82) is 0 Å². The number of anilines is 1. The number of carboxylic acids is 1. The summed E-state index contributed by atoms with van der Waals surface area (Å²) in [7, 11) is 0. The van der Waals surface area contributed by atoms with Crippen LogP contribution in [0.3, 0.4) is 0 Å². The van der Waals surface area contributed by atoms with Crippen LogP contribution in [-0.4, -0.2) is 44.1 Å². The third-order valence-corrected chi connectivity index (χ3v) is 10.6. The minimum absolute atomic E-state index is 0.0293. The first-order chi connectivity index (χ1) is 19.3. The van der Waals surface area contributed by atoms with Gasteiger partial charge in [-0.2, -0.15) is 5.10 Å². The molecule has 41 heavy (non-hydrogen) atoms.